The fourth-order valence-corrected chi connectivity index (χ4v) is 2.30. The second-order valence-corrected chi connectivity index (χ2v) is 4.71. The van der Waals surface area contributed by atoms with Crippen molar-refractivity contribution in [2.24, 2.45) is 5.92 Å². The molecule has 2 nitrogen and oxygen atoms in total. The molecule has 1 rings (SSSR count). The van der Waals surface area contributed by atoms with Gasteiger partial charge < -0.3 is 10.0 Å². The Kier molecular flexibility index (Phi) is 5.49. The number of rotatable bonds is 5. The third kappa shape index (κ3) is 4.43. The Morgan fingerprint density at radius 1 is 1.50 bits per heavy atom. The molecule has 1 heterocycles. The van der Waals surface area contributed by atoms with E-state index in [2.05, 4.69) is 11.8 Å². The van der Waals surface area contributed by atoms with Crippen LogP contribution in [0.25, 0.3) is 0 Å². The Morgan fingerprint density at radius 3 is 2.93 bits per heavy atom. The summed E-state index contributed by atoms with van der Waals surface area (Å²) in [5.74, 6) is 0.926. The van der Waals surface area contributed by atoms with Gasteiger partial charge in [-0.15, -0.1) is 0 Å². The Morgan fingerprint density at radius 2 is 2.29 bits per heavy atom. The Balaban J connectivity index is 2.11. The lowest BCUT2D eigenvalue weighted by molar-refractivity contribution is 0.146. The molecule has 2 atom stereocenters. The summed E-state index contributed by atoms with van der Waals surface area (Å²) in [7, 11) is 0. The number of likely N-dealkylation sites (tertiary alicyclic amines) is 1. The van der Waals surface area contributed by atoms with E-state index < -0.39 is 0 Å². The molecule has 14 heavy (non-hydrogen) atoms. The fourth-order valence-electron chi connectivity index (χ4n) is 2.30. The molecule has 0 saturated carbocycles. The first-order chi connectivity index (χ1) is 6.72. The first kappa shape index (κ1) is 12.0. The predicted molar refractivity (Wildman–Crippen MR) is 60.4 cm³/mol. The van der Waals surface area contributed by atoms with Crippen molar-refractivity contribution in [1.82, 2.24) is 4.90 Å². The van der Waals surface area contributed by atoms with E-state index in [1.165, 1.54) is 38.9 Å². The van der Waals surface area contributed by atoms with Gasteiger partial charge in [0.05, 0.1) is 6.10 Å². The first-order valence-corrected chi connectivity index (χ1v) is 6.12. The van der Waals surface area contributed by atoms with Gasteiger partial charge in [-0.3, -0.25) is 0 Å². The molecule has 1 saturated heterocycles. The minimum atomic E-state index is -0.123. The molecule has 2 unspecified atom stereocenters. The Hall–Kier alpha value is -0.0800. The zero-order valence-corrected chi connectivity index (χ0v) is 9.71. The Labute approximate surface area is 88.3 Å². The largest absolute Gasteiger partial charge is 0.393 e. The number of hydrogen-bond acceptors (Lipinski definition) is 2. The molecule has 0 aromatic carbocycles. The van der Waals surface area contributed by atoms with E-state index in [9.17, 15) is 0 Å². The minimum absolute atomic E-state index is 0.123. The first-order valence-electron chi connectivity index (χ1n) is 6.12. The average Bonchev–Trinajstić information content (AvgIpc) is 2.18. The van der Waals surface area contributed by atoms with Crippen molar-refractivity contribution in [3.8, 4) is 0 Å². The summed E-state index contributed by atoms with van der Waals surface area (Å²) >= 11 is 0. The smallest absolute Gasteiger partial charge is 0.0512 e. The van der Waals surface area contributed by atoms with E-state index in [4.69, 9.17) is 5.11 Å². The zero-order chi connectivity index (χ0) is 10.4. The van der Waals surface area contributed by atoms with Crippen LogP contribution in [0.5, 0.6) is 0 Å². The number of aliphatic hydroxyl groups is 1. The van der Waals surface area contributed by atoms with Gasteiger partial charge in [-0.05, 0) is 51.6 Å². The zero-order valence-electron chi connectivity index (χ0n) is 9.71. The maximum atomic E-state index is 9.16. The van der Waals surface area contributed by atoms with E-state index in [-0.39, 0.29) is 6.10 Å². The Bertz CT molecular complexity index is 147. The van der Waals surface area contributed by atoms with Gasteiger partial charge in [0, 0.05) is 6.54 Å². The molecular formula is C12H25NO. The molecule has 0 aromatic heterocycles. The van der Waals surface area contributed by atoms with Crippen molar-refractivity contribution in [2.45, 2.75) is 52.1 Å². The van der Waals surface area contributed by atoms with Crippen LogP contribution in [0, 0.1) is 5.92 Å². The van der Waals surface area contributed by atoms with Crippen LogP contribution in [-0.4, -0.2) is 35.7 Å². The van der Waals surface area contributed by atoms with Crippen LogP contribution in [-0.2, 0) is 0 Å². The van der Waals surface area contributed by atoms with Gasteiger partial charge in [0.15, 0.2) is 0 Å². The maximum absolute atomic E-state index is 9.16. The van der Waals surface area contributed by atoms with Gasteiger partial charge in [0.1, 0.15) is 0 Å². The van der Waals surface area contributed by atoms with Crippen LogP contribution in [0.2, 0.25) is 0 Å². The molecule has 1 aliphatic heterocycles. The second-order valence-electron chi connectivity index (χ2n) is 4.71. The summed E-state index contributed by atoms with van der Waals surface area (Å²) < 4.78 is 0. The molecule has 0 aromatic rings. The highest BCUT2D eigenvalue weighted by atomic mass is 16.3. The van der Waals surface area contributed by atoms with Gasteiger partial charge in [-0.25, -0.2) is 0 Å². The monoisotopic (exact) mass is 199 g/mol. The van der Waals surface area contributed by atoms with Gasteiger partial charge >= 0.3 is 0 Å². The molecule has 2 heteroatoms. The topological polar surface area (TPSA) is 23.5 Å². The second kappa shape index (κ2) is 6.41. The lowest BCUT2D eigenvalue weighted by Gasteiger charge is -2.32. The molecule has 0 radical (unpaired) electrons. The summed E-state index contributed by atoms with van der Waals surface area (Å²) in [5.41, 5.74) is 0. The van der Waals surface area contributed by atoms with Crippen molar-refractivity contribution in [1.29, 1.82) is 0 Å². The van der Waals surface area contributed by atoms with E-state index >= 15 is 0 Å². The van der Waals surface area contributed by atoms with Crippen LogP contribution in [0.3, 0.4) is 0 Å². The van der Waals surface area contributed by atoms with Crippen LogP contribution in [0.4, 0.5) is 0 Å². The highest BCUT2D eigenvalue weighted by molar-refractivity contribution is 4.71. The standard InChI is InChI=1S/C12H25NO/c1-3-12-7-5-9-13(10-12)8-4-6-11(2)14/h11-12,14H,3-10H2,1-2H3. The highest BCUT2D eigenvalue weighted by Crippen LogP contribution is 2.19. The van der Waals surface area contributed by atoms with E-state index in [1.807, 2.05) is 6.92 Å². The van der Waals surface area contributed by atoms with E-state index in [0.717, 1.165) is 18.8 Å². The molecule has 0 bridgehead atoms. The van der Waals surface area contributed by atoms with Crippen molar-refractivity contribution < 1.29 is 5.11 Å². The summed E-state index contributed by atoms with van der Waals surface area (Å²) in [4.78, 5) is 2.57. The van der Waals surface area contributed by atoms with Crippen molar-refractivity contribution in [3.05, 3.63) is 0 Å². The van der Waals surface area contributed by atoms with Crippen LogP contribution in [0.15, 0.2) is 0 Å². The molecular weight excluding hydrogens is 174 g/mol. The average molecular weight is 199 g/mol. The van der Waals surface area contributed by atoms with Gasteiger partial charge in [0.2, 0.25) is 0 Å². The van der Waals surface area contributed by atoms with Crippen LogP contribution >= 0.6 is 0 Å². The third-order valence-corrected chi connectivity index (χ3v) is 3.28. The minimum Gasteiger partial charge on any atom is -0.393 e. The van der Waals surface area contributed by atoms with Gasteiger partial charge in [-0.2, -0.15) is 0 Å². The van der Waals surface area contributed by atoms with Crippen molar-refractivity contribution in [3.63, 3.8) is 0 Å². The third-order valence-electron chi connectivity index (χ3n) is 3.28. The molecule has 1 aliphatic rings. The highest BCUT2D eigenvalue weighted by Gasteiger charge is 2.17. The lowest BCUT2D eigenvalue weighted by Crippen LogP contribution is -2.36. The van der Waals surface area contributed by atoms with E-state index in [0.29, 0.717) is 0 Å². The summed E-state index contributed by atoms with van der Waals surface area (Å²) in [5, 5.41) is 9.16. The number of hydrogen-bond donors (Lipinski definition) is 1. The number of aliphatic hydroxyl groups excluding tert-OH is 1. The van der Waals surface area contributed by atoms with E-state index in [1.54, 1.807) is 0 Å². The fraction of sp³-hybridized carbons (Fsp3) is 1.00. The number of nitrogens with zero attached hydrogens (tertiary/aromatic N) is 1. The molecule has 0 spiro atoms. The maximum Gasteiger partial charge on any atom is 0.0512 e. The van der Waals surface area contributed by atoms with Gasteiger partial charge in [-0.1, -0.05) is 13.3 Å². The SMILES string of the molecule is CCC1CCCN(CCCC(C)O)C1. The number of piperidine rings is 1. The summed E-state index contributed by atoms with van der Waals surface area (Å²) in [6.45, 7) is 7.92. The molecule has 0 amide bonds. The van der Waals surface area contributed by atoms with Gasteiger partial charge in [0.25, 0.3) is 0 Å². The van der Waals surface area contributed by atoms with Crippen LogP contribution < -0.4 is 0 Å². The molecule has 1 fully saturated rings. The summed E-state index contributed by atoms with van der Waals surface area (Å²) in [6.07, 6.45) is 6.09. The van der Waals surface area contributed by atoms with Crippen LogP contribution in [0.1, 0.15) is 46.0 Å². The molecule has 0 aliphatic carbocycles. The molecule has 84 valence electrons. The van der Waals surface area contributed by atoms with Crippen molar-refractivity contribution in [2.75, 3.05) is 19.6 Å². The summed E-state index contributed by atoms with van der Waals surface area (Å²) in [6, 6.07) is 0. The normalized spacial score (nSPS) is 26.4. The quantitative estimate of drug-likeness (QED) is 0.734. The molecule has 1 N–H and O–H groups in total. The van der Waals surface area contributed by atoms with Crippen molar-refractivity contribution >= 4 is 0 Å². The predicted octanol–water partition coefficient (Wildman–Crippen LogP) is 2.27. The lowest BCUT2D eigenvalue weighted by atomic mass is 9.95.